The zero-order valence-corrected chi connectivity index (χ0v) is 15.9. The number of hydrogen-bond donors (Lipinski definition) is 4. The van der Waals surface area contributed by atoms with Gasteiger partial charge in [0.1, 0.15) is 0 Å². The van der Waals surface area contributed by atoms with Crippen molar-refractivity contribution >= 4 is 29.3 Å². The number of benzene rings is 2. The molecule has 4 N–H and O–H groups in total. The van der Waals surface area contributed by atoms with Crippen molar-refractivity contribution in [2.24, 2.45) is 5.92 Å². The molecule has 2 atom stereocenters. The van der Waals surface area contributed by atoms with Gasteiger partial charge in [-0.15, -0.1) is 0 Å². The number of carboxylic acid groups (broad SMARTS) is 1. The molecule has 0 spiro atoms. The summed E-state index contributed by atoms with van der Waals surface area (Å²) < 4.78 is 0. The van der Waals surface area contributed by atoms with Crippen molar-refractivity contribution in [3.8, 4) is 0 Å². The van der Waals surface area contributed by atoms with Crippen LogP contribution < -0.4 is 10.6 Å². The molecule has 1 aliphatic heterocycles. The molecular weight excluding hydrogens is 378 g/mol. The van der Waals surface area contributed by atoms with Crippen LogP contribution in [0.1, 0.15) is 15.9 Å². The van der Waals surface area contributed by atoms with Crippen LogP contribution in [-0.4, -0.2) is 51.9 Å². The highest BCUT2D eigenvalue weighted by Crippen LogP contribution is 2.37. The number of aliphatic hydroxyl groups is 1. The van der Waals surface area contributed by atoms with Crippen LogP contribution in [-0.2, 0) is 5.54 Å². The Labute approximate surface area is 168 Å². The Kier molecular flexibility index (Phi) is 5.91. The first-order valence-corrected chi connectivity index (χ1v) is 9.20. The van der Waals surface area contributed by atoms with Gasteiger partial charge in [0.05, 0.1) is 18.7 Å². The standard InChI is InChI=1S/C20H21N3O4S/c24-12-16-11-23(19(26)27)13-20(16,15-9-5-2-6-10-15)22-18(28)21-17(25)14-7-3-1-4-8-14/h1-10,16,24H,11-13H2,(H,26,27)(H2,21,22,25,28). The lowest BCUT2D eigenvalue weighted by Gasteiger charge is -2.36. The van der Waals surface area contributed by atoms with E-state index in [0.717, 1.165) is 5.56 Å². The van der Waals surface area contributed by atoms with E-state index in [2.05, 4.69) is 10.6 Å². The van der Waals surface area contributed by atoms with Gasteiger partial charge in [-0.25, -0.2) is 4.79 Å². The zero-order chi connectivity index (χ0) is 20.1. The lowest BCUT2D eigenvalue weighted by molar-refractivity contribution is 0.0974. The van der Waals surface area contributed by atoms with E-state index >= 15 is 0 Å². The Morgan fingerprint density at radius 1 is 1.11 bits per heavy atom. The molecule has 2 unspecified atom stereocenters. The maximum atomic E-state index is 12.4. The van der Waals surface area contributed by atoms with Gasteiger partial charge in [-0.2, -0.15) is 0 Å². The lowest BCUT2D eigenvalue weighted by Crippen LogP contribution is -2.56. The fourth-order valence-electron chi connectivity index (χ4n) is 3.55. The van der Waals surface area contributed by atoms with Crippen LogP contribution in [0.4, 0.5) is 4.79 Å². The molecule has 0 saturated carbocycles. The minimum Gasteiger partial charge on any atom is -0.465 e. The van der Waals surface area contributed by atoms with Crippen molar-refractivity contribution in [2.45, 2.75) is 5.54 Å². The highest BCUT2D eigenvalue weighted by molar-refractivity contribution is 7.80. The SMILES string of the molecule is O=C(NC(=S)NC1(c2ccccc2)CN(C(=O)O)CC1CO)c1ccccc1. The minimum atomic E-state index is -1.07. The first-order chi connectivity index (χ1) is 13.5. The normalized spacial score (nSPS) is 21.2. The van der Waals surface area contributed by atoms with Crippen molar-refractivity contribution in [3.05, 3.63) is 71.8 Å². The third-order valence-electron chi connectivity index (χ3n) is 4.96. The highest BCUT2D eigenvalue weighted by atomic mass is 32.1. The number of carbonyl (C=O) groups excluding carboxylic acids is 1. The Bertz CT molecular complexity index is 862. The second-order valence-corrected chi connectivity index (χ2v) is 7.06. The zero-order valence-electron chi connectivity index (χ0n) is 15.0. The molecule has 0 radical (unpaired) electrons. The maximum Gasteiger partial charge on any atom is 0.407 e. The largest absolute Gasteiger partial charge is 0.465 e. The molecule has 3 rings (SSSR count). The Morgan fingerprint density at radius 2 is 1.71 bits per heavy atom. The average molecular weight is 399 g/mol. The second-order valence-electron chi connectivity index (χ2n) is 6.65. The van der Waals surface area contributed by atoms with Crippen molar-refractivity contribution in [1.82, 2.24) is 15.5 Å². The molecule has 1 saturated heterocycles. The van der Waals surface area contributed by atoms with Gasteiger partial charge >= 0.3 is 6.09 Å². The van der Waals surface area contributed by atoms with Gasteiger partial charge in [-0.3, -0.25) is 10.1 Å². The van der Waals surface area contributed by atoms with E-state index in [-0.39, 0.29) is 30.7 Å². The van der Waals surface area contributed by atoms with Gasteiger partial charge < -0.3 is 20.4 Å². The molecule has 0 aromatic heterocycles. The molecule has 1 aliphatic rings. The van der Waals surface area contributed by atoms with Gasteiger partial charge in [-0.05, 0) is 29.9 Å². The Morgan fingerprint density at radius 3 is 2.29 bits per heavy atom. The molecular formula is C20H21N3O4S. The number of thiocarbonyl (C=S) groups is 1. The summed E-state index contributed by atoms with van der Waals surface area (Å²) >= 11 is 5.35. The van der Waals surface area contributed by atoms with E-state index in [9.17, 15) is 19.8 Å². The summed E-state index contributed by atoms with van der Waals surface area (Å²) in [4.78, 5) is 25.2. The predicted octanol–water partition coefficient (Wildman–Crippen LogP) is 1.79. The van der Waals surface area contributed by atoms with Crippen LogP contribution in [0.3, 0.4) is 0 Å². The highest BCUT2D eigenvalue weighted by Gasteiger charge is 2.49. The summed E-state index contributed by atoms with van der Waals surface area (Å²) in [6.07, 6.45) is -1.07. The van der Waals surface area contributed by atoms with Crippen LogP contribution >= 0.6 is 12.2 Å². The molecule has 28 heavy (non-hydrogen) atoms. The third-order valence-corrected chi connectivity index (χ3v) is 5.16. The average Bonchev–Trinajstić information content (AvgIpc) is 3.09. The number of nitrogens with one attached hydrogen (secondary N) is 2. The van der Waals surface area contributed by atoms with Gasteiger partial charge in [-0.1, -0.05) is 48.5 Å². The van der Waals surface area contributed by atoms with E-state index in [0.29, 0.717) is 5.56 Å². The summed E-state index contributed by atoms with van der Waals surface area (Å²) in [6.45, 7) is 0.0167. The smallest absolute Gasteiger partial charge is 0.407 e. The Hall–Kier alpha value is -2.97. The topological polar surface area (TPSA) is 102 Å². The van der Waals surface area contributed by atoms with E-state index in [1.807, 2.05) is 36.4 Å². The number of amides is 2. The molecule has 1 heterocycles. The molecule has 8 heteroatoms. The Balaban J connectivity index is 1.87. The number of rotatable bonds is 4. The van der Waals surface area contributed by atoms with Gasteiger partial charge in [0, 0.05) is 18.0 Å². The monoisotopic (exact) mass is 399 g/mol. The number of likely N-dealkylation sites (tertiary alicyclic amines) is 1. The molecule has 1 fully saturated rings. The molecule has 7 nitrogen and oxygen atoms in total. The molecule has 2 aromatic carbocycles. The van der Waals surface area contributed by atoms with Gasteiger partial charge in [0.15, 0.2) is 5.11 Å². The van der Waals surface area contributed by atoms with E-state index in [4.69, 9.17) is 12.2 Å². The van der Waals surface area contributed by atoms with Crippen LogP contribution in [0.25, 0.3) is 0 Å². The minimum absolute atomic E-state index is 0.0726. The summed E-state index contributed by atoms with van der Waals surface area (Å²) in [5.41, 5.74) is 0.293. The summed E-state index contributed by atoms with van der Waals surface area (Å²) in [5.74, 6) is -0.799. The van der Waals surface area contributed by atoms with Crippen LogP contribution in [0.5, 0.6) is 0 Å². The molecule has 0 aliphatic carbocycles. The van der Waals surface area contributed by atoms with Crippen LogP contribution in [0, 0.1) is 5.92 Å². The molecule has 146 valence electrons. The quantitative estimate of drug-likeness (QED) is 0.585. The number of nitrogens with zero attached hydrogens (tertiary/aromatic N) is 1. The van der Waals surface area contributed by atoms with Crippen LogP contribution in [0.2, 0.25) is 0 Å². The lowest BCUT2D eigenvalue weighted by atomic mass is 9.81. The van der Waals surface area contributed by atoms with Crippen molar-refractivity contribution < 1.29 is 19.8 Å². The van der Waals surface area contributed by atoms with Crippen molar-refractivity contribution in [2.75, 3.05) is 19.7 Å². The van der Waals surface area contributed by atoms with Crippen molar-refractivity contribution in [3.63, 3.8) is 0 Å². The first-order valence-electron chi connectivity index (χ1n) is 8.79. The molecule has 0 bridgehead atoms. The molecule has 2 aromatic rings. The summed E-state index contributed by atoms with van der Waals surface area (Å²) in [6, 6.07) is 17.9. The second kappa shape index (κ2) is 8.37. The fraction of sp³-hybridized carbons (Fsp3) is 0.250. The van der Waals surface area contributed by atoms with Crippen LogP contribution in [0.15, 0.2) is 60.7 Å². The fourth-order valence-corrected chi connectivity index (χ4v) is 3.83. The van der Waals surface area contributed by atoms with E-state index in [1.165, 1.54) is 4.90 Å². The summed E-state index contributed by atoms with van der Waals surface area (Å²) in [7, 11) is 0. The van der Waals surface area contributed by atoms with E-state index in [1.54, 1.807) is 24.3 Å². The van der Waals surface area contributed by atoms with Gasteiger partial charge in [0.2, 0.25) is 0 Å². The first kappa shape index (κ1) is 19.8. The van der Waals surface area contributed by atoms with Crippen molar-refractivity contribution in [1.29, 1.82) is 0 Å². The maximum absolute atomic E-state index is 12.4. The predicted molar refractivity (Wildman–Crippen MR) is 108 cm³/mol. The molecule has 2 amide bonds. The van der Waals surface area contributed by atoms with E-state index < -0.39 is 17.6 Å². The number of carbonyl (C=O) groups is 2. The number of hydrogen-bond acceptors (Lipinski definition) is 4. The summed E-state index contributed by atoms with van der Waals surface area (Å²) in [5, 5.41) is 25.2. The third kappa shape index (κ3) is 3.97. The van der Waals surface area contributed by atoms with Gasteiger partial charge in [0.25, 0.3) is 5.91 Å². The number of aliphatic hydroxyl groups excluding tert-OH is 1.